The Morgan fingerprint density at radius 1 is 0.737 bits per heavy atom. The van der Waals surface area contributed by atoms with Gasteiger partial charge in [-0.05, 0) is 55.7 Å². The van der Waals surface area contributed by atoms with Gasteiger partial charge in [0.1, 0.15) is 17.9 Å². The van der Waals surface area contributed by atoms with E-state index in [1.54, 1.807) is 26.0 Å². The molecule has 3 rings (SSSR count). The van der Waals surface area contributed by atoms with E-state index in [0.29, 0.717) is 40.6 Å². The van der Waals surface area contributed by atoms with E-state index in [1.165, 1.54) is 33.5 Å². The van der Waals surface area contributed by atoms with E-state index >= 15 is 0 Å². The Hall–Kier alpha value is -5.22. The summed E-state index contributed by atoms with van der Waals surface area (Å²) in [5.41, 5.74) is 2.78. The van der Waals surface area contributed by atoms with E-state index in [9.17, 15) is 19.8 Å². The molecule has 0 aromatic heterocycles. The lowest BCUT2D eigenvalue weighted by Crippen LogP contribution is -1.97. The van der Waals surface area contributed by atoms with Gasteiger partial charge in [0.2, 0.25) is 0 Å². The van der Waals surface area contributed by atoms with Crippen LogP contribution in [0.15, 0.2) is 30.3 Å². The molecule has 0 radical (unpaired) electrons. The van der Waals surface area contributed by atoms with Crippen molar-refractivity contribution in [2.24, 2.45) is 0 Å². The fraction of sp³-hybridized carbons (Fsp3) is 0.214. The highest BCUT2D eigenvalue weighted by Gasteiger charge is 2.15. The van der Waals surface area contributed by atoms with Crippen molar-refractivity contribution in [2.45, 2.75) is 20.8 Å². The van der Waals surface area contributed by atoms with Gasteiger partial charge in [-0.1, -0.05) is 6.07 Å². The van der Waals surface area contributed by atoms with E-state index in [2.05, 4.69) is 0 Å². The third-order valence-electron chi connectivity index (χ3n) is 5.39. The molecule has 0 unspecified atom stereocenters. The second kappa shape index (κ2) is 14.4. The van der Waals surface area contributed by atoms with Crippen LogP contribution in [-0.4, -0.2) is 49.2 Å². The summed E-state index contributed by atoms with van der Waals surface area (Å²) in [7, 11) is 4.25. The van der Waals surface area contributed by atoms with Gasteiger partial charge in [-0.15, -0.1) is 0 Å². The lowest BCUT2D eigenvalue weighted by atomic mass is 10.0. The summed E-state index contributed by atoms with van der Waals surface area (Å²) in [5.74, 6) is 0.536. The molecule has 0 amide bonds. The molecule has 0 aliphatic rings. The van der Waals surface area contributed by atoms with E-state index in [0.717, 1.165) is 5.56 Å². The van der Waals surface area contributed by atoms with Crippen LogP contribution in [0.4, 0.5) is 0 Å². The molecule has 198 valence electrons. The molecule has 3 aromatic rings. The van der Waals surface area contributed by atoms with Gasteiger partial charge in [0.15, 0.2) is 40.8 Å². The number of ether oxygens (including phenoxy) is 3. The molecule has 0 fully saturated rings. The standard InChI is InChI=1S/C10H8N2O2.C10H10O4.C8H10O2/c2*1-6-7(4-11)3-9(14-2)10(13)8(6)5-12;1-6-3-4-8(10-2)7(9)5-6/h3,13H,1-2H3;3-5,13H,1-2H3;3-5,9H,1-2H3. The van der Waals surface area contributed by atoms with E-state index in [4.69, 9.17) is 29.8 Å². The summed E-state index contributed by atoms with van der Waals surface area (Å²) >= 11 is 0. The van der Waals surface area contributed by atoms with E-state index in [-0.39, 0.29) is 39.9 Å². The molecule has 0 aliphatic heterocycles. The summed E-state index contributed by atoms with van der Waals surface area (Å²) in [6.07, 6.45) is 1.12. The van der Waals surface area contributed by atoms with Gasteiger partial charge in [0, 0.05) is 11.6 Å². The fourth-order valence-corrected chi connectivity index (χ4v) is 3.16. The minimum Gasteiger partial charge on any atom is -0.504 e. The molecule has 3 N–H and O–H groups in total. The largest absolute Gasteiger partial charge is 0.504 e. The topological polar surface area (TPSA) is 170 Å². The molecule has 0 bridgehead atoms. The Kier molecular flexibility index (Phi) is 11.6. The van der Waals surface area contributed by atoms with Crippen LogP contribution in [0.1, 0.15) is 48.5 Å². The van der Waals surface area contributed by atoms with Crippen molar-refractivity contribution >= 4 is 12.6 Å². The molecule has 0 spiro atoms. The quantitative estimate of drug-likeness (QED) is 0.407. The minimum absolute atomic E-state index is 0.0842. The minimum atomic E-state index is -0.231. The lowest BCUT2D eigenvalue weighted by molar-refractivity contribution is 0.111. The van der Waals surface area contributed by atoms with Crippen LogP contribution in [0.2, 0.25) is 0 Å². The molecule has 0 heterocycles. The van der Waals surface area contributed by atoms with Gasteiger partial charge in [-0.2, -0.15) is 10.5 Å². The van der Waals surface area contributed by atoms with Crippen LogP contribution in [-0.2, 0) is 0 Å². The van der Waals surface area contributed by atoms with Crippen LogP contribution in [0.5, 0.6) is 34.5 Å². The average molecular weight is 521 g/mol. The second-order valence-corrected chi connectivity index (χ2v) is 7.66. The Labute approximate surface area is 220 Å². The highest BCUT2D eigenvalue weighted by atomic mass is 16.5. The molecule has 38 heavy (non-hydrogen) atoms. The first-order chi connectivity index (χ1) is 18.0. The van der Waals surface area contributed by atoms with Crippen molar-refractivity contribution in [2.75, 3.05) is 21.3 Å². The number of benzene rings is 3. The highest BCUT2D eigenvalue weighted by Crippen LogP contribution is 2.34. The Balaban J connectivity index is 0.000000290. The number of aldehydes is 2. The van der Waals surface area contributed by atoms with Gasteiger partial charge in [0.25, 0.3) is 0 Å². The first-order valence-corrected chi connectivity index (χ1v) is 10.9. The smallest absolute Gasteiger partial charge is 0.176 e. The number of aromatic hydroxyl groups is 3. The molecular formula is C28H28N2O8. The maximum atomic E-state index is 10.7. The van der Waals surface area contributed by atoms with Gasteiger partial charge < -0.3 is 29.5 Å². The van der Waals surface area contributed by atoms with Crippen molar-refractivity contribution in [3.8, 4) is 46.6 Å². The summed E-state index contributed by atoms with van der Waals surface area (Å²) in [6.45, 7) is 5.11. The van der Waals surface area contributed by atoms with Gasteiger partial charge in [0.05, 0.1) is 38.5 Å². The first-order valence-electron chi connectivity index (χ1n) is 10.9. The first kappa shape index (κ1) is 30.8. The van der Waals surface area contributed by atoms with Crippen molar-refractivity contribution < 1.29 is 39.1 Å². The number of methoxy groups -OCH3 is 3. The normalized spacial score (nSPS) is 9.26. The number of phenolic OH excluding ortho intramolecular Hbond substituents is 3. The van der Waals surface area contributed by atoms with E-state index < -0.39 is 0 Å². The number of hydrogen-bond acceptors (Lipinski definition) is 10. The molecular weight excluding hydrogens is 492 g/mol. The fourth-order valence-electron chi connectivity index (χ4n) is 3.16. The maximum absolute atomic E-state index is 10.7. The number of rotatable bonds is 5. The van der Waals surface area contributed by atoms with Crippen molar-refractivity contribution in [1.82, 2.24) is 0 Å². The molecule has 0 saturated carbocycles. The van der Waals surface area contributed by atoms with Gasteiger partial charge >= 0.3 is 0 Å². The summed E-state index contributed by atoms with van der Waals surface area (Å²) < 4.78 is 14.5. The SMILES string of the molecule is COc1cc(C#N)c(C)c(C#N)c1O.COc1cc(C=O)c(C)c(C=O)c1O.COc1ccc(C)cc1O. The van der Waals surface area contributed by atoms with Crippen LogP contribution < -0.4 is 14.2 Å². The van der Waals surface area contributed by atoms with Crippen LogP contribution >= 0.6 is 0 Å². The zero-order valence-electron chi connectivity index (χ0n) is 21.8. The Bertz CT molecular complexity index is 1400. The molecule has 0 saturated heterocycles. The monoisotopic (exact) mass is 520 g/mol. The number of nitriles is 2. The summed E-state index contributed by atoms with van der Waals surface area (Å²) in [4.78, 5) is 21.3. The van der Waals surface area contributed by atoms with Crippen molar-refractivity contribution in [3.63, 3.8) is 0 Å². The number of carbonyl (C=O) groups excluding carboxylic acids is 2. The third-order valence-corrected chi connectivity index (χ3v) is 5.39. The third kappa shape index (κ3) is 7.15. The summed E-state index contributed by atoms with van der Waals surface area (Å²) in [5, 5.41) is 45.7. The maximum Gasteiger partial charge on any atom is 0.176 e. The molecule has 3 aromatic carbocycles. The van der Waals surface area contributed by atoms with Gasteiger partial charge in [-0.3, -0.25) is 9.59 Å². The Morgan fingerprint density at radius 2 is 1.32 bits per heavy atom. The molecule has 0 aliphatic carbocycles. The lowest BCUT2D eigenvalue weighted by Gasteiger charge is -2.09. The second-order valence-electron chi connectivity index (χ2n) is 7.66. The number of aryl methyl sites for hydroxylation is 1. The average Bonchev–Trinajstić information content (AvgIpc) is 2.90. The van der Waals surface area contributed by atoms with Crippen LogP contribution in [0.3, 0.4) is 0 Å². The van der Waals surface area contributed by atoms with Crippen LogP contribution in [0, 0.1) is 43.4 Å². The van der Waals surface area contributed by atoms with Crippen LogP contribution in [0.25, 0.3) is 0 Å². The van der Waals surface area contributed by atoms with Crippen molar-refractivity contribution in [3.05, 3.63) is 69.3 Å². The predicted octanol–water partition coefficient (Wildman–Crippen LogP) is 4.50. The molecule has 10 heteroatoms. The van der Waals surface area contributed by atoms with Crippen molar-refractivity contribution in [1.29, 1.82) is 10.5 Å². The van der Waals surface area contributed by atoms with E-state index in [1.807, 2.05) is 25.1 Å². The Morgan fingerprint density at radius 3 is 1.76 bits per heavy atom. The summed E-state index contributed by atoms with van der Waals surface area (Å²) in [6, 6.07) is 11.9. The molecule has 0 atom stereocenters. The number of carbonyl (C=O) groups is 2. The number of hydrogen-bond donors (Lipinski definition) is 3. The highest BCUT2D eigenvalue weighted by molar-refractivity contribution is 5.90. The van der Waals surface area contributed by atoms with Gasteiger partial charge in [-0.25, -0.2) is 0 Å². The zero-order valence-corrected chi connectivity index (χ0v) is 21.8. The number of phenols is 3. The predicted molar refractivity (Wildman–Crippen MR) is 138 cm³/mol. The number of nitrogens with zero attached hydrogens (tertiary/aromatic N) is 2. The molecule has 10 nitrogen and oxygen atoms in total. The zero-order chi connectivity index (χ0) is 29.0.